The number of hydrazine groups is 1. The summed E-state index contributed by atoms with van der Waals surface area (Å²) in [6, 6.07) is 4.58. The molecule has 3 heterocycles. The Bertz CT molecular complexity index is 773. The lowest BCUT2D eigenvalue weighted by molar-refractivity contribution is -0.175. The normalized spacial score (nSPS) is 26.5. The van der Waals surface area contributed by atoms with Crippen LogP contribution in [0.15, 0.2) is 24.3 Å². The molecule has 1 unspecified atom stereocenters. The van der Waals surface area contributed by atoms with Crippen molar-refractivity contribution in [2.24, 2.45) is 0 Å². The Morgan fingerprint density at radius 1 is 0.962 bits per heavy atom. The third kappa shape index (κ3) is 2.40. The van der Waals surface area contributed by atoms with E-state index in [1.807, 2.05) is 0 Å². The maximum Gasteiger partial charge on any atom is 0.328 e. The minimum atomic E-state index is -1.06. The van der Waals surface area contributed by atoms with Crippen LogP contribution in [-0.4, -0.2) is 68.9 Å². The van der Waals surface area contributed by atoms with Crippen LogP contribution in [-0.2, 0) is 9.59 Å². The lowest BCUT2D eigenvalue weighted by atomic mass is 10.1. The fourth-order valence-electron chi connectivity index (χ4n) is 4.11. The number of carbonyl (C=O) groups excluding carboxylic acids is 3. The van der Waals surface area contributed by atoms with E-state index < -0.39 is 35.8 Å². The molecule has 1 N–H and O–H groups in total. The summed E-state index contributed by atoms with van der Waals surface area (Å²) in [7, 11) is 0. The van der Waals surface area contributed by atoms with Crippen LogP contribution in [0.1, 0.15) is 46.4 Å². The highest BCUT2D eigenvalue weighted by atomic mass is 16.4. The van der Waals surface area contributed by atoms with Crippen LogP contribution in [0, 0.1) is 0 Å². The van der Waals surface area contributed by atoms with Gasteiger partial charge in [-0.3, -0.25) is 24.3 Å². The lowest BCUT2D eigenvalue weighted by Gasteiger charge is -2.42. The summed E-state index contributed by atoms with van der Waals surface area (Å²) in [5.41, 5.74) is 0.583. The summed E-state index contributed by atoms with van der Waals surface area (Å²) in [4.78, 5) is 51.3. The molecule has 0 aliphatic carbocycles. The molecule has 2 atom stereocenters. The number of aliphatic carboxylic acids is 1. The quantitative estimate of drug-likeness (QED) is 0.784. The molecule has 0 saturated carbocycles. The summed E-state index contributed by atoms with van der Waals surface area (Å²) in [5, 5.41) is 12.5. The highest BCUT2D eigenvalue weighted by Crippen LogP contribution is 2.31. The molecule has 136 valence electrons. The second-order valence-electron chi connectivity index (χ2n) is 6.82. The van der Waals surface area contributed by atoms with Crippen molar-refractivity contribution in [2.75, 3.05) is 13.1 Å². The first-order valence-electron chi connectivity index (χ1n) is 8.78. The predicted octanol–water partition coefficient (Wildman–Crippen LogP) is 0.738. The maximum absolute atomic E-state index is 13.2. The monoisotopic (exact) mass is 357 g/mol. The van der Waals surface area contributed by atoms with Crippen LogP contribution in [0.25, 0.3) is 0 Å². The molecule has 0 spiro atoms. The van der Waals surface area contributed by atoms with E-state index in [9.17, 15) is 24.3 Å². The van der Waals surface area contributed by atoms with Gasteiger partial charge in [-0.1, -0.05) is 12.1 Å². The van der Waals surface area contributed by atoms with Crippen LogP contribution in [0.5, 0.6) is 0 Å². The molecule has 4 rings (SSSR count). The molecule has 0 radical (unpaired) electrons. The second kappa shape index (κ2) is 6.21. The summed E-state index contributed by atoms with van der Waals surface area (Å²) in [5.74, 6) is -2.52. The van der Waals surface area contributed by atoms with Gasteiger partial charge in [0.05, 0.1) is 11.1 Å². The predicted molar refractivity (Wildman–Crippen MR) is 89.0 cm³/mol. The number of benzene rings is 1. The van der Waals surface area contributed by atoms with Gasteiger partial charge in [0.1, 0.15) is 12.1 Å². The number of carboxylic acids is 1. The van der Waals surface area contributed by atoms with E-state index in [1.54, 1.807) is 29.3 Å². The molecule has 3 aliphatic heterocycles. The topological polar surface area (TPSA) is 98.2 Å². The van der Waals surface area contributed by atoms with Crippen molar-refractivity contribution in [2.45, 2.75) is 37.8 Å². The number of rotatable bonds is 2. The van der Waals surface area contributed by atoms with Crippen LogP contribution in [0.2, 0.25) is 0 Å². The Labute approximate surface area is 149 Å². The van der Waals surface area contributed by atoms with Crippen LogP contribution >= 0.6 is 0 Å². The lowest BCUT2D eigenvalue weighted by Crippen LogP contribution is -2.61. The zero-order valence-electron chi connectivity index (χ0n) is 14.1. The van der Waals surface area contributed by atoms with Gasteiger partial charge in [0, 0.05) is 13.1 Å². The fourth-order valence-corrected chi connectivity index (χ4v) is 4.11. The molecule has 2 fully saturated rings. The van der Waals surface area contributed by atoms with Gasteiger partial charge in [0.2, 0.25) is 0 Å². The standard InChI is InChI=1S/C18H19N3O5/c22-15-11-5-1-2-6-12(11)16(23)20(15)13-7-3-9-19-10-4-8-14(18(25)26)21(19)17(13)24/h1-2,5-6,13-14H,3-4,7-10H2,(H,25,26)/t13?,14-/m0/s1. The van der Waals surface area contributed by atoms with Gasteiger partial charge in [-0.05, 0) is 37.8 Å². The van der Waals surface area contributed by atoms with Gasteiger partial charge in [-0.25, -0.2) is 9.80 Å². The largest absolute Gasteiger partial charge is 0.480 e. The Morgan fingerprint density at radius 2 is 1.54 bits per heavy atom. The Morgan fingerprint density at radius 3 is 2.12 bits per heavy atom. The van der Waals surface area contributed by atoms with Crippen LogP contribution in [0.4, 0.5) is 0 Å². The zero-order valence-corrected chi connectivity index (χ0v) is 14.1. The molecule has 26 heavy (non-hydrogen) atoms. The van der Waals surface area contributed by atoms with Crippen molar-refractivity contribution in [1.82, 2.24) is 14.9 Å². The average Bonchev–Trinajstić information content (AvgIpc) is 2.78. The molecule has 8 nitrogen and oxygen atoms in total. The van der Waals surface area contributed by atoms with E-state index in [-0.39, 0.29) is 0 Å². The Balaban J connectivity index is 1.69. The molecular weight excluding hydrogens is 338 g/mol. The van der Waals surface area contributed by atoms with Gasteiger partial charge in [0.15, 0.2) is 0 Å². The van der Waals surface area contributed by atoms with Gasteiger partial charge in [-0.15, -0.1) is 0 Å². The van der Waals surface area contributed by atoms with Gasteiger partial charge >= 0.3 is 5.97 Å². The van der Waals surface area contributed by atoms with E-state index in [1.165, 1.54) is 5.01 Å². The molecule has 3 amide bonds. The second-order valence-corrected chi connectivity index (χ2v) is 6.82. The third-order valence-electron chi connectivity index (χ3n) is 5.32. The molecule has 0 bridgehead atoms. The first-order valence-corrected chi connectivity index (χ1v) is 8.78. The molecule has 1 aromatic rings. The first-order chi connectivity index (χ1) is 12.5. The smallest absolute Gasteiger partial charge is 0.328 e. The number of nitrogens with zero attached hydrogens (tertiary/aromatic N) is 3. The summed E-state index contributed by atoms with van der Waals surface area (Å²) >= 11 is 0. The van der Waals surface area contributed by atoms with Gasteiger partial charge in [0.25, 0.3) is 17.7 Å². The van der Waals surface area contributed by atoms with Gasteiger partial charge in [-0.2, -0.15) is 0 Å². The van der Waals surface area contributed by atoms with E-state index >= 15 is 0 Å². The Hall–Kier alpha value is -2.74. The molecule has 2 saturated heterocycles. The number of imide groups is 1. The molecule has 3 aliphatic rings. The fraction of sp³-hybridized carbons (Fsp3) is 0.444. The van der Waals surface area contributed by atoms with Crippen molar-refractivity contribution in [3.05, 3.63) is 35.4 Å². The number of hydrogen-bond donors (Lipinski definition) is 1. The summed E-state index contributed by atoms with van der Waals surface area (Å²) in [6.07, 6.45) is 2.00. The minimum Gasteiger partial charge on any atom is -0.480 e. The number of carbonyl (C=O) groups is 4. The van der Waals surface area contributed by atoms with Crippen LogP contribution in [0.3, 0.4) is 0 Å². The highest BCUT2D eigenvalue weighted by molar-refractivity contribution is 6.22. The number of carboxylic acid groups (broad SMARTS) is 1. The SMILES string of the molecule is O=C(O)[C@@H]1CCCN2CCCC(N3C(=O)c4ccccc4C3=O)C(=O)N12. The number of amides is 3. The van der Waals surface area contributed by atoms with Crippen molar-refractivity contribution >= 4 is 23.7 Å². The van der Waals surface area contributed by atoms with E-state index in [4.69, 9.17) is 0 Å². The molecule has 1 aromatic carbocycles. The van der Waals surface area contributed by atoms with E-state index in [0.717, 1.165) is 4.90 Å². The van der Waals surface area contributed by atoms with Crippen molar-refractivity contribution in [1.29, 1.82) is 0 Å². The van der Waals surface area contributed by atoms with Crippen molar-refractivity contribution in [3.63, 3.8) is 0 Å². The Kier molecular flexibility index (Phi) is 3.99. The van der Waals surface area contributed by atoms with E-state index in [2.05, 4.69) is 0 Å². The van der Waals surface area contributed by atoms with Crippen molar-refractivity contribution < 1.29 is 24.3 Å². The van der Waals surface area contributed by atoms with Gasteiger partial charge < -0.3 is 5.11 Å². The maximum atomic E-state index is 13.2. The molecule has 0 aromatic heterocycles. The summed E-state index contributed by atoms with van der Waals surface area (Å²) in [6.45, 7) is 1.14. The number of fused-ring (bicyclic) bond motifs is 2. The molecule has 8 heteroatoms. The first kappa shape index (κ1) is 16.7. The average molecular weight is 357 g/mol. The van der Waals surface area contributed by atoms with E-state index in [0.29, 0.717) is 49.9 Å². The zero-order chi connectivity index (χ0) is 18.4. The summed E-state index contributed by atoms with van der Waals surface area (Å²) < 4.78 is 0. The molecular formula is C18H19N3O5. The van der Waals surface area contributed by atoms with Crippen LogP contribution < -0.4 is 0 Å². The number of hydrogen-bond acceptors (Lipinski definition) is 5. The van der Waals surface area contributed by atoms with Crippen molar-refractivity contribution in [3.8, 4) is 0 Å². The third-order valence-corrected chi connectivity index (χ3v) is 5.32. The highest BCUT2D eigenvalue weighted by Gasteiger charge is 2.48. The minimum absolute atomic E-state index is 0.292.